The second-order valence-corrected chi connectivity index (χ2v) is 5.96. The van der Waals surface area contributed by atoms with Crippen molar-refractivity contribution in [3.63, 3.8) is 0 Å². The average Bonchev–Trinajstić information content (AvgIpc) is 2.32. The molecule has 1 aromatic rings. The summed E-state index contributed by atoms with van der Waals surface area (Å²) in [7, 11) is 0. The third-order valence-electron chi connectivity index (χ3n) is 2.50. The van der Waals surface area contributed by atoms with Crippen molar-refractivity contribution in [2.45, 2.75) is 33.8 Å². The summed E-state index contributed by atoms with van der Waals surface area (Å²) in [6, 6.07) is 5.17. The standard InChI is InChI=1S/C14H19Cl2NO2/c1-9(2)19-12-6-5-10(7-11(12)16)17-13(18)14(3,4)8-15/h5-7,9H,8H2,1-4H3,(H,17,18). The molecular formula is C14H19Cl2NO2. The Balaban J connectivity index is 2.82. The van der Waals surface area contributed by atoms with Gasteiger partial charge >= 0.3 is 0 Å². The number of halogens is 2. The first kappa shape index (κ1) is 16.1. The Morgan fingerprint density at radius 3 is 2.53 bits per heavy atom. The van der Waals surface area contributed by atoms with Crippen LogP contribution in [-0.2, 0) is 4.79 Å². The van der Waals surface area contributed by atoms with E-state index >= 15 is 0 Å². The molecule has 0 aliphatic rings. The van der Waals surface area contributed by atoms with Crippen molar-refractivity contribution in [1.82, 2.24) is 0 Å². The van der Waals surface area contributed by atoms with Crippen molar-refractivity contribution >= 4 is 34.8 Å². The van der Waals surface area contributed by atoms with Crippen LogP contribution in [0, 0.1) is 5.41 Å². The van der Waals surface area contributed by atoms with Crippen molar-refractivity contribution < 1.29 is 9.53 Å². The molecule has 19 heavy (non-hydrogen) atoms. The van der Waals surface area contributed by atoms with Gasteiger partial charge in [0.25, 0.3) is 0 Å². The Hall–Kier alpha value is -0.930. The predicted octanol–water partition coefficient (Wildman–Crippen LogP) is 4.33. The number of anilines is 1. The zero-order chi connectivity index (χ0) is 14.6. The third kappa shape index (κ3) is 4.59. The summed E-state index contributed by atoms with van der Waals surface area (Å²) in [4.78, 5) is 12.0. The van der Waals surface area contributed by atoms with E-state index in [0.29, 0.717) is 16.5 Å². The average molecular weight is 304 g/mol. The van der Waals surface area contributed by atoms with Gasteiger partial charge in [0.2, 0.25) is 5.91 Å². The summed E-state index contributed by atoms with van der Waals surface area (Å²) in [6.07, 6.45) is 0.0492. The molecule has 0 aromatic heterocycles. The molecule has 0 bridgehead atoms. The van der Waals surface area contributed by atoms with Crippen LogP contribution in [0.5, 0.6) is 5.75 Å². The lowest BCUT2D eigenvalue weighted by molar-refractivity contribution is -0.122. The van der Waals surface area contributed by atoms with Crippen molar-refractivity contribution in [2.75, 3.05) is 11.2 Å². The first-order valence-corrected chi connectivity index (χ1v) is 7.01. The number of benzene rings is 1. The molecule has 0 saturated carbocycles. The van der Waals surface area contributed by atoms with E-state index in [1.54, 1.807) is 32.0 Å². The molecule has 1 N–H and O–H groups in total. The molecule has 106 valence electrons. The quantitative estimate of drug-likeness (QED) is 0.822. The molecule has 0 saturated heterocycles. The van der Waals surface area contributed by atoms with E-state index in [2.05, 4.69) is 5.32 Å². The maximum atomic E-state index is 12.0. The van der Waals surface area contributed by atoms with E-state index in [0.717, 1.165) is 0 Å². The van der Waals surface area contributed by atoms with E-state index in [1.807, 2.05) is 13.8 Å². The van der Waals surface area contributed by atoms with Gasteiger partial charge in [0, 0.05) is 11.6 Å². The normalized spacial score (nSPS) is 11.5. The van der Waals surface area contributed by atoms with Gasteiger partial charge in [0.1, 0.15) is 5.75 Å². The Bertz CT molecular complexity index is 459. The molecule has 0 heterocycles. The van der Waals surface area contributed by atoms with Gasteiger partial charge < -0.3 is 10.1 Å². The maximum Gasteiger partial charge on any atom is 0.231 e. The fraction of sp³-hybridized carbons (Fsp3) is 0.500. The van der Waals surface area contributed by atoms with Gasteiger partial charge in [-0.1, -0.05) is 11.6 Å². The van der Waals surface area contributed by atoms with Crippen molar-refractivity contribution in [3.8, 4) is 5.75 Å². The maximum absolute atomic E-state index is 12.0. The Morgan fingerprint density at radius 2 is 2.05 bits per heavy atom. The number of amides is 1. The van der Waals surface area contributed by atoms with Crippen molar-refractivity contribution in [3.05, 3.63) is 23.2 Å². The monoisotopic (exact) mass is 303 g/mol. The number of carbonyl (C=O) groups excluding carboxylic acids is 1. The molecule has 0 spiro atoms. The summed E-state index contributed by atoms with van der Waals surface area (Å²) in [5, 5.41) is 3.26. The first-order valence-electron chi connectivity index (χ1n) is 6.10. The molecule has 3 nitrogen and oxygen atoms in total. The van der Waals surface area contributed by atoms with E-state index in [1.165, 1.54) is 0 Å². The number of nitrogens with one attached hydrogen (secondary N) is 1. The first-order chi connectivity index (χ1) is 8.76. The lowest BCUT2D eigenvalue weighted by atomic mass is 9.95. The minimum atomic E-state index is -0.624. The van der Waals surface area contributed by atoms with Crippen LogP contribution in [0.1, 0.15) is 27.7 Å². The molecule has 0 aliphatic heterocycles. The highest BCUT2D eigenvalue weighted by Crippen LogP contribution is 2.29. The Morgan fingerprint density at radius 1 is 1.42 bits per heavy atom. The topological polar surface area (TPSA) is 38.3 Å². The van der Waals surface area contributed by atoms with E-state index in [-0.39, 0.29) is 17.9 Å². The van der Waals surface area contributed by atoms with Gasteiger partial charge in [-0.2, -0.15) is 0 Å². The summed E-state index contributed by atoms with van der Waals surface area (Å²) < 4.78 is 5.53. The van der Waals surface area contributed by atoms with E-state index in [4.69, 9.17) is 27.9 Å². The Kier molecular flexibility index (Phi) is 5.50. The van der Waals surface area contributed by atoms with E-state index in [9.17, 15) is 4.79 Å². The fourth-order valence-electron chi connectivity index (χ4n) is 1.29. The van der Waals surface area contributed by atoms with Crippen LogP contribution in [-0.4, -0.2) is 17.9 Å². The molecule has 5 heteroatoms. The highest BCUT2D eigenvalue weighted by molar-refractivity contribution is 6.32. The molecular weight excluding hydrogens is 285 g/mol. The van der Waals surface area contributed by atoms with Gasteiger partial charge in [-0.15, -0.1) is 11.6 Å². The zero-order valence-electron chi connectivity index (χ0n) is 11.6. The number of carbonyl (C=O) groups is 1. The second kappa shape index (κ2) is 6.49. The molecule has 1 amide bonds. The van der Waals surface area contributed by atoms with Crippen LogP contribution in [0.2, 0.25) is 5.02 Å². The van der Waals surface area contributed by atoms with Gasteiger partial charge in [-0.05, 0) is 45.9 Å². The molecule has 0 fully saturated rings. The molecule has 1 aromatic carbocycles. The smallest absolute Gasteiger partial charge is 0.231 e. The van der Waals surface area contributed by atoms with Crippen LogP contribution < -0.4 is 10.1 Å². The number of hydrogen-bond donors (Lipinski definition) is 1. The van der Waals surface area contributed by atoms with Gasteiger partial charge in [-0.3, -0.25) is 4.79 Å². The molecule has 0 unspecified atom stereocenters. The van der Waals surface area contributed by atoms with Crippen LogP contribution in [0.3, 0.4) is 0 Å². The summed E-state index contributed by atoms with van der Waals surface area (Å²) in [5.74, 6) is 0.712. The number of ether oxygens (including phenoxy) is 1. The van der Waals surface area contributed by atoms with Crippen LogP contribution in [0.25, 0.3) is 0 Å². The zero-order valence-corrected chi connectivity index (χ0v) is 13.1. The van der Waals surface area contributed by atoms with Gasteiger partial charge in [-0.25, -0.2) is 0 Å². The number of alkyl halides is 1. The van der Waals surface area contributed by atoms with Crippen molar-refractivity contribution in [2.24, 2.45) is 5.41 Å². The Labute approximate surface area is 124 Å². The lowest BCUT2D eigenvalue weighted by Crippen LogP contribution is -2.32. The van der Waals surface area contributed by atoms with Crippen LogP contribution in [0.15, 0.2) is 18.2 Å². The van der Waals surface area contributed by atoms with Crippen molar-refractivity contribution in [1.29, 1.82) is 0 Å². The van der Waals surface area contributed by atoms with Gasteiger partial charge in [0.05, 0.1) is 16.5 Å². The largest absolute Gasteiger partial charge is 0.489 e. The van der Waals surface area contributed by atoms with Gasteiger partial charge in [0.15, 0.2) is 0 Å². The second-order valence-electron chi connectivity index (χ2n) is 5.28. The third-order valence-corrected chi connectivity index (χ3v) is 3.46. The molecule has 0 radical (unpaired) electrons. The molecule has 0 aliphatic carbocycles. The summed E-state index contributed by atoms with van der Waals surface area (Å²) in [6.45, 7) is 7.42. The SMILES string of the molecule is CC(C)Oc1ccc(NC(=O)C(C)(C)CCl)cc1Cl. The number of hydrogen-bond acceptors (Lipinski definition) is 2. The summed E-state index contributed by atoms with van der Waals surface area (Å²) in [5.41, 5.74) is 0.00511. The lowest BCUT2D eigenvalue weighted by Gasteiger charge is -2.20. The molecule has 1 rings (SSSR count). The highest BCUT2D eigenvalue weighted by atomic mass is 35.5. The minimum absolute atomic E-state index is 0.0492. The van der Waals surface area contributed by atoms with Crippen LogP contribution >= 0.6 is 23.2 Å². The highest BCUT2D eigenvalue weighted by Gasteiger charge is 2.26. The summed E-state index contributed by atoms with van der Waals surface area (Å²) >= 11 is 11.9. The fourth-order valence-corrected chi connectivity index (χ4v) is 1.64. The molecule has 0 atom stereocenters. The predicted molar refractivity (Wildman–Crippen MR) is 80.3 cm³/mol. The van der Waals surface area contributed by atoms with Crippen LogP contribution in [0.4, 0.5) is 5.69 Å². The minimum Gasteiger partial charge on any atom is -0.489 e. The van der Waals surface area contributed by atoms with E-state index < -0.39 is 5.41 Å². The number of rotatable bonds is 5.